The SMILES string of the molecule is BN(Cc1cnc(C(=O)OC)c(OCc2cccc(C#N)c2)c1C)c1ccc(C#N)cc1. The van der Waals surface area contributed by atoms with Crippen LogP contribution >= 0.6 is 0 Å². The van der Waals surface area contributed by atoms with Crippen molar-refractivity contribution in [3.8, 4) is 17.9 Å². The third-order valence-corrected chi connectivity index (χ3v) is 5.05. The van der Waals surface area contributed by atoms with Crippen LogP contribution in [0, 0.1) is 29.6 Å². The van der Waals surface area contributed by atoms with Gasteiger partial charge in [-0.1, -0.05) is 12.1 Å². The van der Waals surface area contributed by atoms with Gasteiger partial charge in [0, 0.05) is 24.0 Å². The molecule has 0 atom stereocenters. The van der Waals surface area contributed by atoms with E-state index in [0.29, 0.717) is 23.4 Å². The minimum atomic E-state index is -0.583. The molecule has 2 aromatic carbocycles. The van der Waals surface area contributed by atoms with Gasteiger partial charge in [0.15, 0.2) is 11.4 Å². The highest BCUT2D eigenvalue weighted by Gasteiger charge is 2.20. The Balaban J connectivity index is 1.88. The summed E-state index contributed by atoms with van der Waals surface area (Å²) in [5.74, 6) is -0.231. The molecule has 0 unspecified atom stereocenters. The summed E-state index contributed by atoms with van der Waals surface area (Å²) >= 11 is 0. The highest BCUT2D eigenvalue weighted by atomic mass is 16.5. The molecule has 3 aromatic rings. The van der Waals surface area contributed by atoms with Gasteiger partial charge in [0.25, 0.3) is 0 Å². The van der Waals surface area contributed by atoms with Crippen LogP contribution in [-0.2, 0) is 17.9 Å². The van der Waals surface area contributed by atoms with E-state index in [-0.39, 0.29) is 12.3 Å². The van der Waals surface area contributed by atoms with Crippen molar-refractivity contribution in [1.82, 2.24) is 4.98 Å². The molecule has 32 heavy (non-hydrogen) atoms. The Labute approximate surface area is 187 Å². The van der Waals surface area contributed by atoms with Crippen LogP contribution in [-0.4, -0.2) is 26.0 Å². The van der Waals surface area contributed by atoms with Crippen LogP contribution in [0.15, 0.2) is 54.7 Å². The lowest BCUT2D eigenvalue weighted by molar-refractivity contribution is 0.0588. The number of anilines is 1. The molecule has 7 nitrogen and oxygen atoms in total. The van der Waals surface area contributed by atoms with Crippen LogP contribution in [0.4, 0.5) is 5.69 Å². The second-order valence-corrected chi connectivity index (χ2v) is 7.19. The molecule has 1 aromatic heterocycles. The zero-order valence-electron chi connectivity index (χ0n) is 18.1. The van der Waals surface area contributed by atoms with Gasteiger partial charge in [0.2, 0.25) is 7.98 Å². The Morgan fingerprint density at radius 2 is 1.84 bits per heavy atom. The standard InChI is InChI=1S/C24H21BN4O3/c1-16-20(14-29(25)21-8-6-17(11-26)7-9-21)13-28-22(24(30)31-2)23(16)32-15-19-5-3-4-18(10-19)12-27/h3-10,13H,14-15,25H2,1-2H3. The summed E-state index contributed by atoms with van der Waals surface area (Å²) < 4.78 is 10.9. The van der Waals surface area contributed by atoms with Gasteiger partial charge >= 0.3 is 5.97 Å². The van der Waals surface area contributed by atoms with Crippen molar-refractivity contribution in [2.45, 2.75) is 20.1 Å². The molecular weight excluding hydrogens is 403 g/mol. The van der Waals surface area contributed by atoms with E-state index in [1.54, 1.807) is 36.5 Å². The van der Waals surface area contributed by atoms with E-state index in [1.165, 1.54) is 7.11 Å². The van der Waals surface area contributed by atoms with Crippen LogP contribution in [0.3, 0.4) is 0 Å². The average Bonchev–Trinajstić information content (AvgIpc) is 2.84. The number of esters is 1. The Morgan fingerprint density at radius 1 is 1.12 bits per heavy atom. The largest absolute Gasteiger partial charge is 0.486 e. The number of hydrogen-bond donors (Lipinski definition) is 0. The number of nitrogens with zero attached hydrogens (tertiary/aromatic N) is 4. The molecule has 0 spiro atoms. The van der Waals surface area contributed by atoms with Crippen molar-refractivity contribution in [2.75, 3.05) is 11.9 Å². The monoisotopic (exact) mass is 424 g/mol. The van der Waals surface area contributed by atoms with E-state index < -0.39 is 5.97 Å². The van der Waals surface area contributed by atoms with Gasteiger partial charge < -0.3 is 14.3 Å². The van der Waals surface area contributed by atoms with Crippen LogP contribution in [0.25, 0.3) is 0 Å². The van der Waals surface area contributed by atoms with Gasteiger partial charge in [-0.15, -0.1) is 0 Å². The quantitative estimate of drug-likeness (QED) is 0.425. The average molecular weight is 424 g/mol. The second kappa shape index (κ2) is 10.1. The third kappa shape index (κ3) is 5.06. The molecule has 3 rings (SSSR count). The van der Waals surface area contributed by atoms with Crippen molar-refractivity contribution >= 4 is 19.6 Å². The molecule has 0 N–H and O–H groups in total. The summed E-state index contributed by atoms with van der Waals surface area (Å²) in [5, 5.41) is 18.1. The van der Waals surface area contributed by atoms with Crippen molar-refractivity contribution in [3.63, 3.8) is 0 Å². The number of methoxy groups -OCH3 is 1. The van der Waals surface area contributed by atoms with Gasteiger partial charge in [-0.3, -0.25) is 0 Å². The molecule has 0 radical (unpaired) electrons. The number of carbonyl (C=O) groups is 1. The first kappa shape index (κ1) is 22.4. The van der Waals surface area contributed by atoms with Gasteiger partial charge in [-0.2, -0.15) is 10.5 Å². The topological polar surface area (TPSA) is 99.2 Å². The molecule has 0 aliphatic heterocycles. The van der Waals surface area contributed by atoms with Crippen LogP contribution < -0.4 is 9.55 Å². The van der Waals surface area contributed by atoms with E-state index in [4.69, 9.17) is 20.0 Å². The van der Waals surface area contributed by atoms with Gasteiger partial charge in [-0.05, 0) is 54.4 Å². The summed E-state index contributed by atoms with van der Waals surface area (Å²) in [5.41, 5.74) is 4.63. The van der Waals surface area contributed by atoms with Crippen LogP contribution in [0.5, 0.6) is 5.75 Å². The number of rotatable bonds is 7. The number of ether oxygens (including phenoxy) is 2. The summed E-state index contributed by atoms with van der Waals surface area (Å²) in [7, 11) is 3.23. The first-order valence-corrected chi connectivity index (χ1v) is 9.86. The maximum absolute atomic E-state index is 12.3. The Bertz CT molecular complexity index is 1210. The lowest BCUT2D eigenvalue weighted by Gasteiger charge is -2.22. The lowest BCUT2D eigenvalue weighted by atomic mass is 10.1. The highest BCUT2D eigenvalue weighted by Crippen LogP contribution is 2.28. The van der Waals surface area contributed by atoms with Crippen LogP contribution in [0.2, 0.25) is 0 Å². The number of nitriles is 2. The molecule has 8 heteroatoms. The van der Waals surface area contributed by atoms with Crippen molar-refractivity contribution in [2.24, 2.45) is 0 Å². The molecular formula is C24H21BN4O3. The number of pyridine rings is 1. The van der Waals surface area contributed by atoms with E-state index in [0.717, 1.165) is 22.4 Å². The Hall–Kier alpha value is -4.30. The van der Waals surface area contributed by atoms with E-state index in [9.17, 15) is 4.79 Å². The summed E-state index contributed by atoms with van der Waals surface area (Å²) in [6, 6.07) is 18.6. The number of aromatic nitrogens is 1. The minimum absolute atomic E-state index is 0.103. The lowest BCUT2D eigenvalue weighted by Crippen LogP contribution is -2.20. The highest BCUT2D eigenvalue weighted by molar-refractivity contribution is 6.17. The van der Waals surface area contributed by atoms with E-state index in [1.807, 2.05) is 37.9 Å². The Kier molecular flexibility index (Phi) is 7.10. The molecule has 1 heterocycles. The van der Waals surface area contributed by atoms with Gasteiger partial charge in [0.05, 0.1) is 30.4 Å². The summed E-state index contributed by atoms with van der Waals surface area (Å²) in [4.78, 5) is 18.6. The summed E-state index contributed by atoms with van der Waals surface area (Å²) in [6.45, 7) is 2.57. The fraction of sp³-hybridized carbons (Fsp3) is 0.167. The first-order chi connectivity index (χ1) is 15.5. The molecule has 0 saturated heterocycles. The Morgan fingerprint density at radius 3 is 2.50 bits per heavy atom. The van der Waals surface area contributed by atoms with E-state index in [2.05, 4.69) is 17.1 Å². The first-order valence-electron chi connectivity index (χ1n) is 9.86. The molecule has 0 saturated carbocycles. The maximum Gasteiger partial charge on any atom is 0.360 e. The predicted molar refractivity (Wildman–Crippen MR) is 122 cm³/mol. The fourth-order valence-corrected chi connectivity index (χ4v) is 3.22. The third-order valence-electron chi connectivity index (χ3n) is 5.05. The zero-order valence-corrected chi connectivity index (χ0v) is 18.1. The van der Waals surface area contributed by atoms with Gasteiger partial charge in [0.1, 0.15) is 6.61 Å². The van der Waals surface area contributed by atoms with Crippen molar-refractivity contribution in [3.05, 3.63) is 88.2 Å². The smallest absolute Gasteiger partial charge is 0.360 e. The molecule has 0 aliphatic carbocycles. The zero-order chi connectivity index (χ0) is 23.1. The second-order valence-electron chi connectivity index (χ2n) is 7.19. The van der Waals surface area contributed by atoms with E-state index >= 15 is 0 Å². The minimum Gasteiger partial charge on any atom is -0.486 e. The van der Waals surface area contributed by atoms with Gasteiger partial charge in [-0.25, -0.2) is 9.78 Å². The molecule has 0 aliphatic rings. The number of carbonyl (C=O) groups excluding carboxylic acids is 1. The molecule has 0 bridgehead atoms. The summed E-state index contributed by atoms with van der Waals surface area (Å²) in [6.07, 6.45) is 1.64. The maximum atomic E-state index is 12.3. The van der Waals surface area contributed by atoms with Crippen molar-refractivity contribution < 1.29 is 14.3 Å². The molecule has 0 fully saturated rings. The number of benzene rings is 2. The predicted octanol–water partition coefficient (Wildman–Crippen LogP) is 3.05. The van der Waals surface area contributed by atoms with Crippen LogP contribution in [0.1, 0.15) is 38.3 Å². The van der Waals surface area contributed by atoms with Crippen molar-refractivity contribution in [1.29, 1.82) is 10.5 Å². The normalized spacial score (nSPS) is 10.0. The fourth-order valence-electron chi connectivity index (χ4n) is 3.22. The molecule has 0 amide bonds. The number of hydrogen-bond acceptors (Lipinski definition) is 7. The molecule has 158 valence electrons.